The molecule has 0 fully saturated rings. The molecule has 0 spiro atoms. The van der Waals surface area contributed by atoms with E-state index in [1.54, 1.807) is 35.9 Å². The average Bonchev–Trinajstić information content (AvgIpc) is 2.93. The Kier molecular flexibility index (Phi) is 4.30. The van der Waals surface area contributed by atoms with Gasteiger partial charge in [0, 0.05) is 11.8 Å². The monoisotopic (exact) mass is 301 g/mol. The second-order valence-electron chi connectivity index (χ2n) is 5.39. The Morgan fingerprint density at radius 2 is 1.91 bits per heavy atom. The molecule has 22 heavy (non-hydrogen) atoms. The fourth-order valence-corrected chi connectivity index (χ4v) is 1.94. The molecule has 116 valence electrons. The van der Waals surface area contributed by atoms with Crippen molar-refractivity contribution in [3.8, 4) is 5.69 Å². The molecule has 0 aliphatic heterocycles. The van der Waals surface area contributed by atoms with Crippen molar-refractivity contribution in [3.05, 3.63) is 47.8 Å². The molecular weight excluding hydrogens is 282 g/mol. The second-order valence-corrected chi connectivity index (χ2v) is 5.39. The molecule has 0 saturated heterocycles. The molecule has 6 nitrogen and oxygen atoms in total. The van der Waals surface area contributed by atoms with Crippen molar-refractivity contribution in [2.75, 3.05) is 0 Å². The zero-order chi connectivity index (χ0) is 16.3. The first kappa shape index (κ1) is 15.8. The van der Waals surface area contributed by atoms with Crippen molar-refractivity contribution in [3.63, 3.8) is 0 Å². The average molecular weight is 301 g/mol. The van der Waals surface area contributed by atoms with Gasteiger partial charge in [0.1, 0.15) is 5.54 Å². The highest BCUT2D eigenvalue weighted by atomic mass is 16.4. The number of hydrogen-bond acceptors (Lipinski definition) is 3. The molecule has 0 aliphatic carbocycles. The summed E-state index contributed by atoms with van der Waals surface area (Å²) in [4.78, 5) is 23.4. The van der Waals surface area contributed by atoms with Crippen LogP contribution in [0.1, 0.15) is 36.3 Å². The van der Waals surface area contributed by atoms with Gasteiger partial charge in [0.25, 0.3) is 5.91 Å². The number of hydrogen-bond donors (Lipinski definition) is 2. The van der Waals surface area contributed by atoms with Gasteiger partial charge in [0.2, 0.25) is 0 Å². The van der Waals surface area contributed by atoms with E-state index in [-0.39, 0.29) is 0 Å². The zero-order valence-corrected chi connectivity index (χ0v) is 12.8. The van der Waals surface area contributed by atoms with Crippen LogP contribution in [0.4, 0.5) is 0 Å². The van der Waals surface area contributed by atoms with Crippen LogP contribution in [0.3, 0.4) is 0 Å². The molecule has 0 aliphatic rings. The summed E-state index contributed by atoms with van der Waals surface area (Å²) < 4.78 is 1.71. The normalized spacial score (nSPS) is 13.4. The third-order valence-electron chi connectivity index (χ3n) is 3.68. The minimum absolute atomic E-state index is 0.304. The molecule has 1 atom stereocenters. The van der Waals surface area contributed by atoms with Crippen LogP contribution in [0.25, 0.3) is 5.69 Å². The lowest BCUT2D eigenvalue weighted by molar-refractivity contribution is -0.143. The third-order valence-corrected chi connectivity index (χ3v) is 3.68. The van der Waals surface area contributed by atoms with Gasteiger partial charge < -0.3 is 10.4 Å². The molecule has 2 rings (SSSR count). The fourth-order valence-electron chi connectivity index (χ4n) is 1.94. The standard InChI is InChI=1S/C16H19N3O3/c1-4-16(3,15(21)22)17-14(20)12-5-7-13(8-6-12)19-10-9-11(2)18-19/h5-10H,4H2,1-3H3,(H,17,20)(H,21,22). The third kappa shape index (κ3) is 3.16. The van der Waals surface area contributed by atoms with Crippen LogP contribution in [0.5, 0.6) is 0 Å². The summed E-state index contributed by atoms with van der Waals surface area (Å²) in [5, 5.41) is 16.0. The van der Waals surface area contributed by atoms with E-state index >= 15 is 0 Å². The topological polar surface area (TPSA) is 84.2 Å². The number of nitrogens with one attached hydrogen (secondary N) is 1. The Bertz CT molecular complexity index is 691. The first-order chi connectivity index (χ1) is 10.4. The van der Waals surface area contributed by atoms with Gasteiger partial charge in [-0.3, -0.25) is 4.79 Å². The predicted octanol–water partition coefficient (Wildman–Crippen LogP) is 2.16. The lowest BCUT2D eigenvalue weighted by atomic mass is 9.98. The van der Waals surface area contributed by atoms with Gasteiger partial charge in [-0.25, -0.2) is 9.48 Å². The van der Waals surface area contributed by atoms with Crippen LogP contribution in [-0.4, -0.2) is 32.3 Å². The van der Waals surface area contributed by atoms with E-state index in [2.05, 4.69) is 10.4 Å². The maximum atomic E-state index is 12.2. The summed E-state index contributed by atoms with van der Waals surface area (Å²) in [6.45, 7) is 5.11. The SMILES string of the molecule is CCC(C)(NC(=O)c1ccc(-n2ccc(C)n2)cc1)C(=O)O. The molecule has 2 N–H and O–H groups in total. The Balaban J connectivity index is 2.16. The Labute approximate surface area is 128 Å². The molecule has 1 aromatic carbocycles. The van der Waals surface area contributed by atoms with Gasteiger partial charge in [-0.2, -0.15) is 5.10 Å². The van der Waals surface area contributed by atoms with E-state index in [0.717, 1.165) is 11.4 Å². The van der Waals surface area contributed by atoms with Crippen molar-refractivity contribution in [2.24, 2.45) is 0 Å². The first-order valence-corrected chi connectivity index (χ1v) is 7.04. The van der Waals surface area contributed by atoms with Crippen LogP contribution in [0, 0.1) is 6.92 Å². The quantitative estimate of drug-likeness (QED) is 0.886. The Hall–Kier alpha value is -2.63. The number of benzene rings is 1. The summed E-state index contributed by atoms with van der Waals surface area (Å²) in [6, 6.07) is 8.73. The van der Waals surface area contributed by atoms with Crippen LogP contribution >= 0.6 is 0 Å². The molecule has 1 heterocycles. The molecular formula is C16H19N3O3. The van der Waals surface area contributed by atoms with E-state index in [9.17, 15) is 14.7 Å². The number of aliphatic carboxylic acids is 1. The van der Waals surface area contributed by atoms with Gasteiger partial charge in [-0.1, -0.05) is 6.92 Å². The van der Waals surface area contributed by atoms with Crippen LogP contribution in [0.2, 0.25) is 0 Å². The second kappa shape index (κ2) is 6.01. The van der Waals surface area contributed by atoms with Crippen molar-refractivity contribution in [1.29, 1.82) is 0 Å². The largest absolute Gasteiger partial charge is 0.480 e. The van der Waals surface area contributed by atoms with Gasteiger partial charge in [-0.05, 0) is 50.6 Å². The fraction of sp³-hybridized carbons (Fsp3) is 0.312. The molecule has 2 aromatic rings. The van der Waals surface area contributed by atoms with E-state index in [0.29, 0.717) is 12.0 Å². The lowest BCUT2D eigenvalue weighted by Gasteiger charge is -2.24. The Morgan fingerprint density at radius 3 is 2.36 bits per heavy atom. The summed E-state index contributed by atoms with van der Waals surface area (Å²) in [7, 11) is 0. The summed E-state index contributed by atoms with van der Waals surface area (Å²) in [5.41, 5.74) is 0.881. The summed E-state index contributed by atoms with van der Waals surface area (Å²) in [6.07, 6.45) is 2.14. The summed E-state index contributed by atoms with van der Waals surface area (Å²) in [5.74, 6) is -1.46. The first-order valence-electron chi connectivity index (χ1n) is 7.04. The van der Waals surface area contributed by atoms with E-state index in [1.807, 2.05) is 19.2 Å². The van der Waals surface area contributed by atoms with E-state index in [1.165, 1.54) is 6.92 Å². The lowest BCUT2D eigenvalue weighted by Crippen LogP contribution is -2.51. The van der Waals surface area contributed by atoms with Crippen LogP contribution < -0.4 is 5.32 Å². The van der Waals surface area contributed by atoms with Gasteiger partial charge in [-0.15, -0.1) is 0 Å². The minimum Gasteiger partial charge on any atom is -0.480 e. The van der Waals surface area contributed by atoms with Crippen molar-refractivity contribution in [1.82, 2.24) is 15.1 Å². The molecule has 1 amide bonds. The number of carboxylic acids is 1. The van der Waals surface area contributed by atoms with Gasteiger partial charge in [0.15, 0.2) is 0 Å². The van der Waals surface area contributed by atoms with Crippen LogP contribution in [0.15, 0.2) is 36.5 Å². The number of carbonyl (C=O) groups excluding carboxylic acids is 1. The number of nitrogens with zero attached hydrogens (tertiary/aromatic N) is 2. The number of amides is 1. The predicted molar refractivity (Wildman–Crippen MR) is 82.1 cm³/mol. The van der Waals surface area contributed by atoms with Crippen molar-refractivity contribution in [2.45, 2.75) is 32.7 Å². The smallest absolute Gasteiger partial charge is 0.329 e. The van der Waals surface area contributed by atoms with Crippen molar-refractivity contribution >= 4 is 11.9 Å². The molecule has 0 radical (unpaired) electrons. The summed E-state index contributed by atoms with van der Waals surface area (Å²) >= 11 is 0. The van der Waals surface area contributed by atoms with E-state index in [4.69, 9.17) is 0 Å². The van der Waals surface area contributed by atoms with Gasteiger partial charge >= 0.3 is 5.97 Å². The zero-order valence-electron chi connectivity index (χ0n) is 12.8. The maximum Gasteiger partial charge on any atom is 0.329 e. The number of carbonyl (C=O) groups is 2. The number of rotatable bonds is 5. The van der Waals surface area contributed by atoms with Gasteiger partial charge in [0.05, 0.1) is 11.4 Å². The molecule has 0 saturated carbocycles. The van der Waals surface area contributed by atoms with Crippen LogP contribution in [-0.2, 0) is 4.79 Å². The number of aromatic nitrogens is 2. The molecule has 1 aromatic heterocycles. The highest BCUT2D eigenvalue weighted by Gasteiger charge is 2.32. The van der Waals surface area contributed by atoms with E-state index < -0.39 is 17.4 Å². The Morgan fingerprint density at radius 1 is 1.27 bits per heavy atom. The van der Waals surface area contributed by atoms with Crippen molar-refractivity contribution < 1.29 is 14.7 Å². The molecule has 0 bridgehead atoms. The number of aryl methyl sites for hydroxylation is 1. The molecule has 6 heteroatoms. The number of carboxylic acid groups (broad SMARTS) is 1. The minimum atomic E-state index is -1.27. The highest BCUT2D eigenvalue weighted by Crippen LogP contribution is 2.13. The molecule has 1 unspecified atom stereocenters. The maximum absolute atomic E-state index is 12.2. The highest BCUT2D eigenvalue weighted by molar-refractivity contribution is 5.97.